The Hall–Kier alpha value is -2.20. The third-order valence-corrected chi connectivity index (χ3v) is 2.33. The van der Waals surface area contributed by atoms with Crippen LogP contribution in [-0.4, -0.2) is 15.3 Å². The molecule has 0 aliphatic carbocycles. The van der Waals surface area contributed by atoms with E-state index >= 15 is 0 Å². The van der Waals surface area contributed by atoms with Crippen molar-refractivity contribution in [2.75, 3.05) is 0 Å². The van der Waals surface area contributed by atoms with Crippen LogP contribution < -0.4 is 4.74 Å². The summed E-state index contributed by atoms with van der Waals surface area (Å²) in [5.41, 5.74) is 0.407. The molecular formula is C13H12O4. The lowest BCUT2D eigenvalue weighted by Crippen LogP contribution is -1.92. The first-order valence-corrected chi connectivity index (χ1v) is 5.10. The number of aliphatic hydroxyl groups excluding tert-OH is 1. The van der Waals surface area contributed by atoms with E-state index in [2.05, 4.69) is 0 Å². The van der Waals surface area contributed by atoms with Gasteiger partial charge in [0.2, 0.25) is 5.75 Å². The normalized spacial score (nSPS) is 10.2. The van der Waals surface area contributed by atoms with Crippen molar-refractivity contribution in [1.82, 2.24) is 0 Å². The van der Waals surface area contributed by atoms with Gasteiger partial charge in [0.1, 0.15) is 5.75 Å². The fourth-order valence-corrected chi connectivity index (χ4v) is 1.45. The smallest absolute Gasteiger partial charge is 0.201 e. The molecule has 4 nitrogen and oxygen atoms in total. The number of para-hydroxylation sites is 1. The Morgan fingerprint density at radius 3 is 2.29 bits per heavy atom. The van der Waals surface area contributed by atoms with Gasteiger partial charge in [0.05, 0.1) is 6.61 Å². The lowest BCUT2D eigenvalue weighted by Gasteiger charge is -2.12. The van der Waals surface area contributed by atoms with Crippen molar-refractivity contribution in [2.45, 2.75) is 6.61 Å². The first-order chi connectivity index (χ1) is 8.22. The summed E-state index contributed by atoms with van der Waals surface area (Å²) in [4.78, 5) is 0. The van der Waals surface area contributed by atoms with Gasteiger partial charge in [-0.1, -0.05) is 18.2 Å². The van der Waals surface area contributed by atoms with Crippen LogP contribution in [0.5, 0.6) is 23.0 Å². The maximum absolute atomic E-state index is 9.68. The molecule has 0 heterocycles. The lowest BCUT2D eigenvalue weighted by molar-refractivity contribution is 0.273. The van der Waals surface area contributed by atoms with E-state index < -0.39 is 0 Å². The molecule has 0 fully saturated rings. The number of hydrogen-bond donors (Lipinski definition) is 3. The molecule has 0 aliphatic rings. The van der Waals surface area contributed by atoms with E-state index in [-0.39, 0.29) is 23.9 Å². The van der Waals surface area contributed by atoms with E-state index in [4.69, 9.17) is 9.84 Å². The minimum Gasteiger partial charge on any atom is -0.504 e. The number of ether oxygens (including phenoxy) is 1. The van der Waals surface area contributed by atoms with Crippen LogP contribution in [0.4, 0.5) is 0 Å². The van der Waals surface area contributed by atoms with Crippen LogP contribution in [-0.2, 0) is 6.61 Å². The zero-order valence-corrected chi connectivity index (χ0v) is 9.00. The van der Waals surface area contributed by atoms with Gasteiger partial charge < -0.3 is 20.1 Å². The van der Waals surface area contributed by atoms with Gasteiger partial charge in [0.15, 0.2) is 11.5 Å². The fraction of sp³-hybridized carbons (Fsp3) is 0.0769. The zero-order chi connectivity index (χ0) is 12.3. The van der Waals surface area contributed by atoms with Gasteiger partial charge in [0, 0.05) is 5.56 Å². The molecule has 0 aliphatic heterocycles. The molecule has 0 saturated carbocycles. The molecule has 0 unspecified atom stereocenters. The Morgan fingerprint density at radius 2 is 1.65 bits per heavy atom. The van der Waals surface area contributed by atoms with Crippen LogP contribution in [0.1, 0.15) is 5.56 Å². The molecule has 0 amide bonds. The molecule has 4 heteroatoms. The lowest BCUT2D eigenvalue weighted by atomic mass is 10.2. The molecule has 88 valence electrons. The fourth-order valence-electron chi connectivity index (χ4n) is 1.45. The van der Waals surface area contributed by atoms with Crippen molar-refractivity contribution < 1.29 is 20.1 Å². The molecule has 3 N–H and O–H groups in total. The molecule has 0 spiro atoms. The molecule has 2 aromatic rings. The summed E-state index contributed by atoms with van der Waals surface area (Å²) >= 11 is 0. The second-order valence-electron chi connectivity index (χ2n) is 3.49. The highest BCUT2D eigenvalue weighted by molar-refractivity contribution is 5.55. The highest BCUT2D eigenvalue weighted by Crippen LogP contribution is 2.40. The standard InChI is InChI=1S/C13H12O4/c14-8-9-6-7-11(15)12(16)13(9)17-10-4-2-1-3-5-10/h1-7,14-16H,8H2. The topological polar surface area (TPSA) is 69.9 Å². The van der Waals surface area contributed by atoms with Gasteiger partial charge in [-0.05, 0) is 24.3 Å². The van der Waals surface area contributed by atoms with Crippen LogP contribution in [0.2, 0.25) is 0 Å². The minimum absolute atomic E-state index is 0.0682. The maximum Gasteiger partial charge on any atom is 0.201 e. The largest absolute Gasteiger partial charge is 0.504 e. The van der Waals surface area contributed by atoms with Gasteiger partial charge in [-0.2, -0.15) is 0 Å². The summed E-state index contributed by atoms with van der Waals surface area (Å²) < 4.78 is 5.44. The first kappa shape index (κ1) is 11.3. The predicted octanol–water partition coefficient (Wildman–Crippen LogP) is 2.38. The Morgan fingerprint density at radius 1 is 0.941 bits per heavy atom. The van der Waals surface area contributed by atoms with Crippen LogP contribution >= 0.6 is 0 Å². The van der Waals surface area contributed by atoms with E-state index in [0.717, 1.165) is 0 Å². The monoisotopic (exact) mass is 232 g/mol. The van der Waals surface area contributed by atoms with Crippen LogP contribution in [0.15, 0.2) is 42.5 Å². The quantitative estimate of drug-likeness (QED) is 0.710. The van der Waals surface area contributed by atoms with Crippen molar-refractivity contribution in [1.29, 1.82) is 0 Å². The second kappa shape index (κ2) is 4.76. The Labute approximate surface area is 98.3 Å². The molecule has 17 heavy (non-hydrogen) atoms. The molecule has 0 atom stereocenters. The highest BCUT2D eigenvalue weighted by Gasteiger charge is 2.13. The SMILES string of the molecule is OCc1ccc(O)c(O)c1Oc1ccccc1. The number of hydrogen-bond acceptors (Lipinski definition) is 4. The van der Waals surface area contributed by atoms with Gasteiger partial charge in [-0.15, -0.1) is 0 Å². The van der Waals surface area contributed by atoms with Gasteiger partial charge in [-0.25, -0.2) is 0 Å². The highest BCUT2D eigenvalue weighted by atomic mass is 16.5. The molecule has 0 radical (unpaired) electrons. The van der Waals surface area contributed by atoms with Crippen LogP contribution in [0.3, 0.4) is 0 Å². The number of aliphatic hydroxyl groups is 1. The minimum atomic E-state index is -0.375. The van der Waals surface area contributed by atoms with Crippen molar-refractivity contribution >= 4 is 0 Å². The first-order valence-electron chi connectivity index (χ1n) is 5.10. The van der Waals surface area contributed by atoms with E-state index in [1.165, 1.54) is 12.1 Å². The van der Waals surface area contributed by atoms with Gasteiger partial charge in [-0.3, -0.25) is 0 Å². The van der Waals surface area contributed by atoms with Crippen LogP contribution in [0, 0.1) is 0 Å². The second-order valence-corrected chi connectivity index (χ2v) is 3.49. The van der Waals surface area contributed by atoms with E-state index in [1.807, 2.05) is 6.07 Å². The molecular weight excluding hydrogens is 220 g/mol. The number of benzene rings is 2. The van der Waals surface area contributed by atoms with Crippen molar-refractivity contribution in [3.05, 3.63) is 48.0 Å². The average molecular weight is 232 g/mol. The summed E-state index contributed by atoms with van der Waals surface area (Å²) in [5.74, 6) is -0.0738. The third-order valence-electron chi connectivity index (χ3n) is 2.33. The Bertz CT molecular complexity index is 508. The Kier molecular flexibility index (Phi) is 3.16. The summed E-state index contributed by atoms with van der Waals surface area (Å²) in [5, 5.41) is 28.2. The van der Waals surface area contributed by atoms with E-state index in [1.54, 1.807) is 24.3 Å². The number of phenols is 2. The number of phenolic OH excluding ortho intramolecular Hbond substituents is 2. The van der Waals surface area contributed by atoms with Gasteiger partial charge >= 0.3 is 0 Å². The van der Waals surface area contributed by atoms with Crippen molar-refractivity contribution in [3.8, 4) is 23.0 Å². The summed E-state index contributed by atoms with van der Waals surface area (Å²) in [7, 11) is 0. The van der Waals surface area contributed by atoms with Crippen molar-refractivity contribution in [3.63, 3.8) is 0 Å². The molecule has 0 bridgehead atoms. The Balaban J connectivity index is 2.41. The van der Waals surface area contributed by atoms with Crippen molar-refractivity contribution in [2.24, 2.45) is 0 Å². The molecule has 0 saturated heterocycles. The van der Waals surface area contributed by atoms with E-state index in [0.29, 0.717) is 11.3 Å². The zero-order valence-electron chi connectivity index (χ0n) is 9.00. The average Bonchev–Trinajstić information content (AvgIpc) is 2.37. The molecule has 2 rings (SSSR count). The molecule has 0 aromatic heterocycles. The summed E-state index contributed by atoms with van der Waals surface area (Å²) in [6.45, 7) is -0.282. The predicted molar refractivity (Wildman–Crippen MR) is 62.2 cm³/mol. The molecule has 2 aromatic carbocycles. The maximum atomic E-state index is 9.68. The number of rotatable bonds is 3. The van der Waals surface area contributed by atoms with Gasteiger partial charge in [0.25, 0.3) is 0 Å². The van der Waals surface area contributed by atoms with Crippen LogP contribution in [0.25, 0.3) is 0 Å². The van der Waals surface area contributed by atoms with E-state index in [9.17, 15) is 10.2 Å². The summed E-state index contributed by atoms with van der Waals surface area (Å²) in [6.07, 6.45) is 0. The summed E-state index contributed by atoms with van der Waals surface area (Å²) in [6, 6.07) is 11.6. The third kappa shape index (κ3) is 2.32. The number of aromatic hydroxyl groups is 2.